The second-order valence-corrected chi connectivity index (χ2v) is 9.97. The van der Waals surface area contributed by atoms with Gasteiger partial charge in [0.2, 0.25) is 0 Å². The van der Waals surface area contributed by atoms with E-state index in [0.29, 0.717) is 0 Å². The minimum Gasteiger partial charge on any atom is -0.512 e. The molecule has 2 N–H and O–H groups in total. The molecule has 0 spiro atoms. The summed E-state index contributed by atoms with van der Waals surface area (Å²) < 4.78 is 8.76. The van der Waals surface area contributed by atoms with Crippen LogP contribution in [0.2, 0.25) is 0 Å². The van der Waals surface area contributed by atoms with Crippen molar-refractivity contribution in [2.24, 2.45) is 0 Å². The van der Waals surface area contributed by atoms with E-state index in [1.165, 1.54) is 35.4 Å². The molecule has 7 rings (SSSR count). The molecule has 0 saturated heterocycles. The maximum absolute atomic E-state index is 8.40. The standard InChI is InChI=1S/C27H14NOS.C5H8O2.Ir/c1-4-10-21-19(8-1)25-20-9-2-5-11-22(20)29-27(25)26(28-21)16-13-14-18-17-7-3-6-12-23(17)30-24(18)15-16;1-4(6)3-5(2)7;/h1-14H;3,6H,1-2H3;/q-1;;/p+1/b;4-3-;. The van der Waals surface area contributed by atoms with Crippen LogP contribution in [0.5, 0.6) is 0 Å². The van der Waals surface area contributed by atoms with Crippen molar-refractivity contribution in [1.29, 1.82) is 0 Å². The van der Waals surface area contributed by atoms with Gasteiger partial charge in [0.15, 0.2) is 0 Å². The fraction of sp³-hybridized carbons (Fsp3) is 0.0625. The molecule has 0 fully saturated rings. The number of rotatable bonds is 2. The monoisotopic (exact) mass is 694 g/mol. The van der Waals surface area contributed by atoms with Crippen LogP contribution in [0.1, 0.15) is 13.8 Å². The van der Waals surface area contributed by atoms with Crippen LogP contribution in [0.15, 0.2) is 101 Å². The number of furan rings is 1. The Morgan fingerprint density at radius 3 is 2.29 bits per heavy atom. The number of aliphatic hydroxyl groups excluding tert-OH is 1. The van der Waals surface area contributed by atoms with Crippen molar-refractivity contribution in [1.82, 2.24) is 4.98 Å². The number of aliphatic hydroxyl groups is 1. The molecule has 4 nitrogen and oxygen atoms in total. The summed E-state index contributed by atoms with van der Waals surface area (Å²) in [6.07, 6.45) is 1.28. The van der Waals surface area contributed by atoms with E-state index in [9.17, 15) is 0 Å². The number of ketones is 1. The summed E-state index contributed by atoms with van der Waals surface area (Å²) in [6, 6.07) is 32.9. The first-order chi connectivity index (χ1) is 18.0. The molecular weight excluding hydrogens is 671 g/mol. The van der Waals surface area contributed by atoms with Crippen molar-refractivity contribution in [3.8, 4) is 11.3 Å². The summed E-state index contributed by atoms with van der Waals surface area (Å²) in [7, 11) is 0. The Morgan fingerprint density at radius 2 is 1.55 bits per heavy atom. The molecule has 3 aromatic heterocycles. The van der Waals surface area contributed by atoms with Crippen LogP contribution in [0, 0.1) is 6.07 Å². The summed E-state index contributed by atoms with van der Waals surface area (Å²) in [5, 5.41) is 14.3. The molecule has 3 heterocycles. The van der Waals surface area contributed by atoms with Gasteiger partial charge in [-0.15, -0.1) is 23.8 Å². The fourth-order valence-electron chi connectivity index (χ4n) is 4.71. The summed E-state index contributed by atoms with van der Waals surface area (Å²) in [5.74, 6) is 0.250. The van der Waals surface area contributed by atoms with Crippen LogP contribution < -0.4 is 0 Å². The zero-order chi connectivity index (χ0) is 25.5. The number of pyridine rings is 1. The SMILES string of the molecule is CC(=[OH+])/C=C(/C)O.[Ir].[c-]1c(-c2nc3ccccc3c3c2oc2ccccc23)ccc2c1sc1ccccc12. The average molecular weight is 694 g/mol. The molecule has 0 aliphatic carbocycles. The Morgan fingerprint density at radius 1 is 0.868 bits per heavy atom. The normalized spacial score (nSPS) is 11.6. The first-order valence-corrected chi connectivity index (χ1v) is 12.7. The van der Waals surface area contributed by atoms with Gasteiger partial charge in [-0.25, -0.2) is 0 Å². The predicted molar refractivity (Wildman–Crippen MR) is 155 cm³/mol. The molecule has 38 heavy (non-hydrogen) atoms. The maximum Gasteiger partial charge on any atom is 0.316 e. The average Bonchev–Trinajstić information content (AvgIpc) is 3.46. The quantitative estimate of drug-likeness (QED) is 0.0851. The first-order valence-electron chi connectivity index (χ1n) is 11.9. The van der Waals surface area contributed by atoms with Gasteiger partial charge < -0.3 is 9.52 Å². The molecule has 0 bridgehead atoms. The number of allylic oxidation sites excluding steroid dienone is 2. The second kappa shape index (κ2) is 10.5. The number of aromatic nitrogens is 1. The molecule has 0 amide bonds. The van der Waals surface area contributed by atoms with Gasteiger partial charge in [-0.3, -0.25) is 9.78 Å². The van der Waals surface area contributed by atoms with Gasteiger partial charge in [0.1, 0.15) is 11.2 Å². The third-order valence-corrected chi connectivity index (χ3v) is 7.29. The summed E-state index contributed by atoms with van der Waals surface area (Å²) >= 11 is 1.77. The molecule has 0 unspecified atom stereocenters. The third kappa shape index (κ3) is 4.63. The van der Waals surface area contributed by atoms with Gasteiger partial charge in [-0.05, 0) is 35.2 Å². The van der Waals surface area contributed by atoms with Gasteiger partial charge in [-0.2, -0.15) is 11.3 Å². The molecule has 0 saturated carbocycles. The minimum absolute atomic E-state index is 0. The van der Waals surface area contributed by atoms with Crippen molar-refractivity contribution in [2.45, 2.75) is 13.8 Å². The van der Waals surface area contributed by atoms with Crippen LogP contribution in [-0.2, 0) is 20.1 Å². The Labute approximate surface area is 236 Å². The molecule has 0 aliphatic heterocycles. The summed E-state index contributed by atoms with van der Waals surface area (Å²) in [5.41, 5.74) is 4.49. The minimum atomic E-state index is 0. The second-order valence-electron chi connectivity index (χ2n) is 8.92. The molecular formula is C32H23IrNO3S. The van der Waals surface area contributed by atoms with Gasteiger partial charge in [0, 0.05) is 46.7 Å². The fourth-order valence-corrected chi connectivity index (χ4v) is 5.81. The van der Waals surface area contributed by atoms with E-state index in [2.05, 4.69) is 72.8 Å². The van der Waals surface area contributed by atoms with Crippen LogP contribution in [0.3, 0.4) is 0 Å². The molecule has 189 valence electrons. The van der Waals surface area contributed by atoms with Crippen LogP contribution >= 0.6 is 11.3 Å². The van der Waals surface area contributed by atoms with Crippen LogP contribution in [0.25, 0.3) is 64.3 Å². The summed E-state index contributed by atoms with van der Waals surface area (Å²) in [4.78, 5) is 13.4. The maximum atomic E-state index is 8.40. The van der Waals surface area contributed by atoms with E-state index < -0.39 is 0 Å². The van der Waals surface area contributed by atoms with Gasteiger partial charge in [0.05, 0.1) is 24.3 Å². The Hall–Kier alpha value is -3.83. The number of hydrogen-bond acceptors (Lipinski definition) is 4. The molecule has 1 radical (unpaired) electrons. The largest absolute Gasteiger partial charge is 0.512 e. The van der Waals surface area contributed by atoms with Gasteiger partial charge in [0.25, 0.3) is 0 Å². The van der Waals surface area contributed by atoms with Gasteiger partial charge >= 0.3 is 5.78 Å². The molecule has 4 aromatic carbocycles. The number of carbonyl (C=O) groups excluding carboxylic acids is 1. The van der Waals surface area contributed by atoms with E-state index in [-0.39, 0.29) is 31.6 Å². The van der Waals surface area contributed by atoms with Crippen molar-refractivity contribution in [2.75, 3.05) is 0 Å². The molecule has 0 atom stereocenters. The van der Waals surface area contributed by atoms with E-state index in [4.69, 9.17) is 19.3 Å². The van der Waals surface area contributed by atoms with E-state index >= 15 is 0 Å². The van der Waals surface area contributed by atoms with Crippen molar-refractivity contribution < 1.29 is 34.4 Å². The van der Waals surface area contributed by atoms with E-state index in [1.807, 2.05) is 18.2 Å². The topological polar surface area (TPSA) is 67.7 Å². The third-order valence-electron chi connectivity index (χ3n) is 6.19. The number of hydrogen-bond donors (Lipinski definition) is 1. The number of fused-ring (bicyclic) bond motifs is 8. The first kappa shape index (κ1) is 25.8. The Kier molecular flexibility index (Phi) is 7.13. The molecule has 0 aliphatic rings. The van der Waals surface area contributed by atoms with Crippen molar-refractivity contribution in [3.05, 3.63) is 103 Å². The smallest absolute Gasteiger partial charge is 0.316 e. The van der Waals surface area contributed by atoms with Crippen LogP contribution in [-0.4, -0.2) is 20.7 Å². The van der Waals surface area contributed by atoms with Crippen molar-refractivity contribution >= 4 is 70.1 Å². The van der Waals surface area contributed by atoms with Crippen molar-refractivity contribution in [3.63, 3.8) is 0 Å². The number of benzene rings is 4. The van der Waals surface area contributed by atoms with Gasteiger partial charge in [-0.1, -0.05) is 60.0 Å². The Bertz CT molecular complexity index is 2000. The zero-order valence-corrected chi connectivity index (χ0v) is 23.9. The molecule has 6 heteroatoms. The number of thiophene rings is 1. The number of nitrogens with zero attached hydrogens (tertiary/aromatic N) is 1. The molecule has 7 aromatic rings. The predicted octanol–water partition coefficient (Wildman–Crippen LogP) is 8.98. The summed E-state index contributed by atoms with van der Waals surface area (Å²) in [6.45, 7) is 3.00. The van der Waals surface area contributed by atoms with E-state index in [0.717, 1.165) is 48.8 Å². The zero-order valence-electron chi connectivity index (χ0n) is 20.7. The van der Waals surface area contributed by atoms with E-state index in [1.54, 1.807) is 11.3 Å². The Balaban J connectivity index is 0.000000329. The van der Waals surface area contributed by atoms with Crippen LogP contribution in [0.4, 0.5) is 0 Å². The number of para-hydroxylation sites is 2.